The maximum absolute atomic E-state index is 6.13. The molecule has 0 atom stereocenters. The van der Waals surface area contributed by atoms with Crippen LogP contribution in [0.4, 0.5) is 0 Å². The summed E-state index contributed by atoms with van der Waals surface area (Å²) in [6.07, 6.45) is 12.4. The van der Waals surface area contributed by atoms with Crippen molar-refractivity contribution < 1.29 is 4.43 Å². The second kappa shape index (κ2) is 7.95. The summed E-state index contributed by atoms with van der Waals surface area (Å²) in [6.45, 7) is 12.4. The van der Waals surface area contributed by atoms with Gasteiger partial charge >= 0.3 is 0 Å². The van der Waals surface area contributed by atoms with E-state index in [9.17, 15) is 0 Å². The third-order valence-electron chi connectivity index (χ3n) is 3.73. The predicted octanol–water partition coefficient (Wildman–Crippen LogP) is 4.98. The third kappa shape index (κ3) is 7.62. The van der Waals surface area contributed by atoms with Crippen molar-refractivity contribution in [2.45, 2.75) is 77.4 Å². The van der Waals surface area contributed by atoms with Gasteiger partial charge in [-0.15, -0.1) is 12.3 Å². The quantitative estimate of drug-likeness (QED) is 0.337. The van der Waals surface area contributed by atoms with Gasteiger partial charge in [0.25, 0.3) is 0 Å². The van der Waals surface area contributed by atoms with Gasteiger partial charge in [-0.1, -0.05) is 40.0 Å². The molecule has 0 fully saturated rings. The molecule has 2 heteroatoms. The van der Waals surface area contributed by atoms with Crippen molar-refractivity contribution >= 4 is 8.32 Å². The largest absolute Gasteiger partial charge is 0.417 e. The van der Waals surface area contributed by atoms with Crippen molar-refractivity contribution in [1.29, 1.82) is 0 Å². The standard InChI is InChI=1S/C15H30OSi/c1-7-8-9-10-11-12-13-14-16-17(5,6)15(2,3)4/h1H,8-14H2,2-6H3. The van der Waals surface area contributed by atoms with Crippen LogP contribution in [-0.2, 0) is 4.43 Å². The molecule has 0 heterocycles. The van der Waals surface area contributed by atoms with Crippen molar-refractivity contribution in [2.24, 2.45) is 0 Å². The molecular weight excluding hydrogens is 224 g/mol. The summed E-state index contributed by atoms with van der Waals surface area (Å²) in [5, 5.41) is 0.333. The van der Waals surface area contributed by atoms with E-state index in [4.69, 9.17) is 10.8 Å². The Balaban J connectivity index is 3.49. The van der Waals surface area contributed by atoms with Gasteiger partial charge in [0.2, 0.25) is 0 Å². The van der Waals surface area contributed by atoms with E-state index in [0.717, 1.165) is 13.0 Å². The first kappa shape index (κ1) is 16.7. The van der Waals surface area contributed by atoms with Crippen molar-refractivity contribution in [3.8, 4) is 12.3 Å². The normalized spacial score (nSPS) is 12.5. The van der Waals surface area contributed by atoms with Gasteiger partial charge in [0.1, 0.15) is 0 Å². The van der Waals surface area contributed by atoms with Crippen LogP contribution in [0.15, 0.2) is 0 Å². The lowest BCUT2D eigenvalue weighted by Gasteiger charge is -2.36. The van der Waals surface area contributed by atoms with Crippen molar-refractivity contribution in [3.63, 3.8) is 0 Å². The molecule has 0 spiro atoms. The maximum Gasteiger partial charge on any atom is 0.191 e. The summed E-state index contributed by atoms with van der Waals surface area (Å²) in [6, 6.07) is 0. The molecule has 0 aromatic rings. The lowest BCUT2D eigenvalue weighted by Crippen LogP contribution is -2.40. The topological polar surface area (TPSA) is 9.23 Å². The van der Waals surface area contributed by atoms with Gasteiger partial charge in [-0.3, -0.25) is 0 Å². The zero-order chi connectivity index (χ0) is 13.4. The smallest absolute Gasteiger partial charge is 0.191 e. The minimum Gasteiger partial charge on any atom is -0.417 e. The van der Waals surface area contributed by atoms with Gasteiger partial charge in [0, 0.05) is 13.0 Å². The molecule has 0 aliphatic carbocycles. The SMILES string of the molecule is C#CCCCCCCCO[Si](C)(C)C(C)(C)C. The van der Waals surface area contributed by atoms with E-state index in [-0.39, 0.29) is 0 Å². The van der Waals surface area contributed by atoms with E-state index in [1.165, 1.54) is 32.1 Å². The Hall–Kier alpha value is -0.263. The highest BCUT2D eigenvalue weighted by Gasteiger charge is 2.36. The molecule has 0 radical (unpaired) electrons. The van der Waals surface area contributed by atoms with E-state index in [2.05, 4.69) is 39.8 Å². The average Bonchev–Trinajstić information content (AvgIpc) is 2.20. The second-order valence-electron chi connectivity index (χ2n) is 6.33. The maximum atomic E-state index is 6.13. The van der Waals surface area contributed by atoms with Gasteiger partial charge in [-0.05, 0) is 31.0 Å². The summed E-state index contributed by atoms with van der Waals surface area (Å²) in [7, 11) is -1.51. The van der Waals surface area contributed by atoms with Gasteiger partial charge in [0.15, 0.2) is 8.32 Å². The average molecular weight is 254 g/mol. The third-order valence-corrected chi connectivity index (χ3v) is 8.27. The Labute approximate surface area is 109 Å². The molecule has 0 bridgehead atoms. The highest BCUT2D eigenvalue weighted by Crippen LogP contribution is 2.36. The first-order valence-electron chi connectivity index (χ1n) is 6.89. The number of terminal acetylenes is 1. The van der Waals surface area contributed by atoms with Crippen LogP contribution >= 0.6 is 0 Å². The molecule has 17 heavy (non-hydrogen) atoms. The molecule has 0 rings (SSSR count). The fraction of sp³-hybridized carbons (Fsp3) is 0.867. The zero-order valence-corrected chi connectivity index (χ0v) is 13.4. The highest BCUT2D eigenvalue weighted by atomic mass is 28.4. The van der Waals surface area contributed by atoms with Crippen molar-refractivity contribution in [3.05, 3.63) is 0 Å². The second-order valence-corrected chi connectivity index (χ2v) is 11.1. The first-order valence-corrected chi connectivity index (χ1v) is 9.79. The molecule has 0 aromatic carbocycles. The summed E-state index contributed by atoms with van der Waals surface area (Å²) >= 11 is 0. The minimum atomic E-state index is -1.51. The fourth-order valence-electron chi connectivity index (χ4n) is 1.40. The molecule has 0 aliphatic heterocycles. The van der Waals surface area contributed by atoms with Crippen LogP contribution in [0.25, 0.3) is 0 Å². The number of rotatable bonds is 8. The van der Waals surface area contributed by atoms with Crippen LogP contribution in [0.2, 0.25) is 18.1 Å². The van der Waals surface area contributed by atoms with Crippen LogP contribution < -0.4 is 0 Å². The molecule has 1 nitrogen and oxygen atoms in total. The monoisotopic (exact) mass is 254 g/mol. The number of unbranched alkanes of at least 4 members (excludes halogenated alkanes) is 5. The van der Waals surface area contributed by atoms with E-state index in [0.29, 0.717) is 5.04 Å². The van der Waals surface area contributed by atoms with Gasteiger partial charge in [-0.2, -0.15) is 0 Å². The Morgan fingerprint density at radius 3 is 2.06 bits per heavy atom. The highest BCUT2D eigenvalue weighted by molar-refractivity contribution is 6.74. The molecular formula is C15H30OSi. The van der Waals surface area contributed by atoms with Crippen molar-refractivity contribution in [2.75, 3.05) is 6.61 Å². The van der Waals surface area contributed by atoms with Crippen LogP contribution in [-0.4, -0.2) is 14.9 Å². The summed E-state index contributed by atoms with van der Waals surface area (Å²) in [5.74, 6) is 2.69. The number of hydrogen-bond donors (Lipinski definition) is 0. The summed E-state index contributed by atoms with van der Waals surface area (Å²) < 4.78 is 6.13. The lowest BCUT2D eigenvalue weighted by atomic mass is 10.1. The lowest BCUT2D eigenvalue weighted by molar-refractivity contribution is 0.277. The molecule has 0 saturated heterocycles. The van der Waals surface area contributed by atoms with Gasteiger partial charge in [0.05, 0.1) is 0 Å². The molecule has 0 saturated carbocycles. The Bertz CT molecular complexity index is 232. The van der Waals surface area contributed by atoms with Crippen LogP contribution in [0, 0.1) is 12.3 Å². The molecule has 0 aliphatic rings. The Kier molecular flexibility index (Phi) is 7.82. The van der Waals surface area contributed by atoms with Gasteiger partial charge in [-0.25, -0.2) is 0 Å². The van der Waals surface area contributed by atoms with Crippen molar-refractivity contribution in [1.82, 2.24) is 0 Å². The minimum absolute atomic E-state index is 0.333. The summed E-state index contributed by atoms with van der Waals surface area (Å²) in [5.41, 5.74) is 0. The zero-order valence-electron chi connectivity index (χ0n) is 12.4. The number of hydrogen-bond acceptors (Lipinski definition) is 1. The van der Waals surface area contributed by atoms with Crippen LogP contribution in [0.5, 0.6) is 0 Å². The fourth-order valence-corrected chi connectivity index (χ4v) is 2.49. The van der Waals surface area contributed by atoms with E-state index in [1.807, 2.05) is 0 Å². The first-order chi connectivity index (χ1) is 7.81. The predicted molar refractivity (Wildman–Crippen MR) is 79.7 cm³/mol. The molecule has 0 unspecified atom stereocenters. The van der Waals surface area contributed by atoms with E-state index < -0.39 is 8.32 Å². The van der Waals surface area contributed by atoms with Crippen LogP contribution in [0.1, 0.15) is 59.3 Å². The van der Waals surface area contributed by atoms with E-state index >= 15 is 0 Å². The molecule has 0 amide bonds. The summed E-state index contributed by atoms with van der Waals surface area (Å²) in [4.78, 5) is 0. The Morgan fingerprint density at radius 1 is 1.00 bits per heavy atom. The van der Waals surface area contributed by atoms with E-state index in [1.54, 1.807) is 0 Å². The molecule has 0 N–H and O–H groups in total. The molecule has 0 aromatic heterocycles. The Morgan fingerprint density at radius 2 is 1.53 bits per heavy atom. The van der Waals surface area contributed by atoms with Gasteiger partial charge < -0.3 is 4.43 Å². The van der Waals surface area contributed by atoms with Crippen LogP contribution in [0.3, 0.4) is 0 Å². The molecule has 100 valence electrons.